The maximum absolute atomic E-state index is 14.6. The molecule has 1 saturated heterocycles. The number of rotatable bonds is 3. The van der Waals surface area contributed by atoms with Gasteiger partial charge in [-0.05, 0) is 71.1 Å². The number of carbonyl (C=O) groups is 1. The summed E-state index contributed by atoms with van der Waals surface area (Å²) in [5.74, 6) is 0.270. The molecule has 142 valence electrons. The van der Waals surface area contributed by atoms with Crippen LogP contribution in [0.3, 0.4) is 0 Å². The molecule has 0 spiro atoms. The van der Waals surface area contributed by atoms with Gasteiger partial charge < -0.3 is 9.47 Å². The molecule has 0 saturated carbocycles. The van der Waals surface area contributed by atoms with Crippen LogP contribution in [0.1, 0.15) is 58.9 Å². The van der Waals surface area contributed by atoms with Crippen LogP contribution in [0.4, 0.5) is 9.18 Å². The van der Waals surface area contributed by atoms with Crippen LogP contribution in [-0.4, -0.2) is 35.3 Å². The van der Waals surface area contributed by atoms with Crippen molar-refractivity contribution in [3.8, 4) is 5.75 Å². The summed E-state index contributed by atoms with van der Waals surface area (Å²) in [6, 6.07) is 5.06. The van der Waals surface area contributed by atoms with Crippen LogP contribution in [0, 0.1) is 5.82 Å². The van der Waals surface area contributed by atoms with Crippen LogP contribution in [0.2, 0.25) is 0 Å². The maximum Gasteiger partial charge on any atom is 0.411 e. The normalized spacial score (nSPS) is 22.7. The van der Waals surface area contributed by atoms with Crippen molar-refractivity contribution < 1.29 is 18.7 Å². The Kier molecular flexibility index (Phi) is 5.26. The van der Waals surface area contributed by atoms with E-state index in [4.69, 9.17) is 9.47 Å². The molecule has 0 radical (unpaired) electrons. The molecule has 0 N–H and O–H groups in total. The highest BCUT2D eigenvalue weighted by molar-refractivity contribution is 5.75. The molecule has 0 aliphatic carbocycles. The van der Waals surface area contributed by atoms with Crippen LogP contribution in [0.25, 0.3) is 5.57 Å². The van der Waals surface area contributed by atoms with Gasteiger partial charge in [-0.15, -0.1) is 0 Å². The lowest BCUT2D eigenvalue weighted by Crippen LogP contribution is -2.53. The third-order valence-corrected chi connectivity index (χ3v) is 4.84. The fraction of sp³-hybridized carbons (Fsp3) is 0.571. The zero-order valence-electron chi connectivity index (χ0n) is 16.0. The number of hydrogen-bond acceptors (Lipinski definition) is 3. The summed E-state index contributed by atoms with van der Waals surface area (Å²) in [6.45, 7) is 8.02. The number of benzene rings is 1. The van der Waals surface area contributed by atoms with E-state index < -0.39 is 5.60 Å². The fourth-order valence-electron chi connectivity index (χ4n) is 3.84. The second-order valence-corrected chi connectivity index (χ2v) is 8.01. The van der Waals surface area contributed by atoms with Crippen LogP contribution >= 0.6 is 0 Å². The summed E-state index contributed by atoms with van der Waals surface area (Å²) in [6.07, 6.45) is 5.31. The van der Waals surface area contributed by atoms with Gasteiger partial charge >= 0.3 is 6.09 Å². The number of nitrogens with zero attached hydrogens (tertiary/aromatic N) is 1. The molecule has 2 atom stereocenters. The molecule has 0 aromatic heterocycles. The number of fused-ring (bicyclic) bond motifs is 2. The van der Waals surface area contributed by atoms with E-state index in [2.05, 4.69) is 0 Å². The van der Waals surface area contributed by atoms with Crippen LogP contribution in [0.5, 0.6) is 5.75 Å². The van der Waals surface area contributed by atoms with E-state index in [1.54, 1.807) is 12.1 Å². The molecule has 4 nitrogen and oxygen atoms in total. The van der Waals surface area contributed by atoms with Gasteiger partial charge in [-0.3, -0.25) is 4.90 Å². The molecule has 2 aliphatic heterocycles. The van der Waals surface area contributed by atoms with Crippen molar-refractivity contribution in [2.75, 3.05) is 6.61 Å². The summed E-state index contributed by atoms with van der Waals surface area (Å²) in [5, 5.41) is 0. The molecule has 1 amide bonds. The van der Waals surface area contributed by atoms with Crippen molar-refractivity contribution in [2.45, 2.75) is 71.1 Å². The number of ether oxygens (including phenoxy) is 2. The first-order chi connectivity index (χ1) is 12.3. The van der Waals surface area contributed by atoms with Gasteiger partial charge in [0.05, 0.1) is 12.6 Å². The Morgan fingerprint density at radius 3 is 2.69 bits per heavy atom. The molecular weight excluding hydrogens is 333 g/mol. The van der Waals surface area contributed by atoms with E-state index >= 15 is 0 Å². The van der Waals surface area contributed by atoms with E-state index in [0.717, 1.165) is 24.8 Å². The molecule has 1 fully saturated rings. The Morgan fingerprint density at radius 1 is 1.31 bits per heavy atom. The molecule has 2 unspecified atom stereocenters. The van der Waals surface area contributed by atoms with Gasteiger partial charge in [0.15, 0.2) is 0 Å². The van der Waals surface area contributed by atoms with Crippen molar-refractivity contribution in [1.29, 1.82) is 0 Å². The van der Waals surface area contributed by atoms with Crippen molar-refractivity contribution >= 4 is 11.7 Å². The minimum Gasteiger partial charge on any atom is -0.494 e. The SMILES string of the molecule is CCOc1ccc(C2=CC3CCCC(C2)N3C(=O)OC(C)(C)C)c(F)c1. The zero-order valence-corrected chi connectivity index (χ0v) is 16.0. The summed E-state index contributed by atoms with van der Waals surface area (Å²) in [4.78, 5) is 14.5. The molecule has 3 rings (SSSR count). The Morgan fingerprint density at radius 2 is 2.08 bits per heavy atom. The predicted molar refractivity (Wildman–Crippen MR) is 99.7 cm³/mol. The summed E-state index contributed by atoms with van der Waals surface area (Å²) in [7, 11) is 0. The molecule has 5 heteroatoms. The first kappa shape index (κ1) is 18.7. The van der Waals surface area contributed by atoms with Crippen LogP contribution in [-0.2, 0) is 4.74 Å². The van der Waals surface area contributed by atoms with Gasteiger partial charge in [0, 0.05) is 17.7 Å². The average molecular weight is 361 g/mol. The number of amides is 1. The fourth-order valence-corrected chi connectivity index (χ4v) is 3.84. The van der Waals surface area contributed by atoms with Gasteiger partial charge in [0.2, 0.25) is 0 Å². The van der Waals surface area contributed by atoms with E-state index in [1.165, 1.54) is 6.07 Å². The van der Waals surface area contributed by atoms with E-state index in [-0.39, 0.29) is 24.0 Å². The highest BCUT2D eigenvalue weighted by Crippen LogP contribution is 2.39. The molecule has 2 aliphatic rings. The number of halogens is 1. The lowest BCUT2D eigenvalue weighted by Gasteiger charge is -2.45. The molecule has 2 heterocycles. The Labute approximate surface area is 155 Å². The van der Waals surface area contributed by atoms with E-state index in [0.29, 0.717) is 24.3 Å². The third-order valence-electron chi connectivity index (χ3n) is 4.84. The maximum atomic E-state index is 14.6. The Bertz CT molecular complexity index is 708. The van der Waals surface area contributed by atoms with Crippen LogP contribution < -0.4 is 4.74 Å². The number of piperidine rings is 1. The first-order valence-corrected chi connectivity index (χ1v) is 9.43. The molecule has 1 aromatic rings. The highest BCUT2D eigenvalue weighted by Gasteiger charge is 2.39. The molecule has 1 aromatic carbocycles. The largest absolute Gasteiger partial charge is 0.494 e. The number of carbonyl (C=O) groups excluding carboxylic acids is 1. The smallest absolute Gasteiger partial charge is 0.411 e. The minimum absolute atomic E-state index is 0.0293. The topological polar surface area (TPSA) is 38.8 Å². The predicted octanol–water partition coefficient (Wildman–Crippen LogP) is 5.17. The summed E-state index contributed by atoms with van der Waals surface area (Å²) in [5.41, 5.74) is 1.06. The molecule has 2 bridgehead atoms. The second kappa shape index (κ2) is 7.29. The van der Waals surface area contributed by atoms with Gasteiger partial charge in [0.25, 0.3) is 0 Å². The molecular formula is C21H28FNO3. The average Bonchev–Trinajstić information content (AvgIpc) is 2.52. The highest BCUT2D eigenvalue weighted by atomic mass is 19.1. The lowest BCUT2D eigenvalue weighted by atomic mass is 9.83. The van der Waals surface area contributed by atoms with Crippen LogP contribution in [0.15, 0.2) is 24.3 Å². The van der Waals surface area contributed by atoms with E-state index in [1.807, 2.05) is 38.7 Å². The van der Waals surface area contributed by atoms with Gasteiger partial charge in [-0.1, -0.05) is 6.08 Å². The van der Waals surface area contributed by atoms with Gasteiger partial charge in [0.1, 0.15) is 17.2 Å². The minimum atomic E-state index is -0.517. The standard InChI is InChI=1S/C21H28FNO3/c1-5-25-17-9-10-18(19(22)13-17)14-11-15-7-6-8-16(12-14)23(15)20(24)26-21(2,3)4/h9-11,13,15-16H,5-8,12H2,1-4H3. The van der Waals surface area contributed by atoms with Crippen molar-refractivity contribution in [3.05, 3.63) is 35.7 Å². The second-order valence-electron chi connectivity index (χ2n) is 8.01. The molecule has 26 heavy (non-hydrogen) atoms. The summed E-state index contributed by atoms with van der Waals surface area (Å²) < 4.78 is 25.5. The van der Waals surface area contributed by atoms with Crippen molar-refractivity contribution in [2.24, 2.45) is 0 Å². The van der Waals surface area contributed by atoms with Crippen molar-refractivity contribution in [1.82, 2.24) is 4.90 Å². The quantitative estimate of drug-likeness (QED) is 0.745. The third kappa shape index (κ3) is 4.02. The van der Waals surface area contributed by atoms with Gasteiger partial charge in [-0.2, -0.15) is 0 Å². The first-order valence-electron chi connectivity index (χ1n) is 9.43. The Balaban J connectivity index is 1.85. The Hall–Kier alpha value is -2.04. The van der Waals surface area contributed by atoms with Gasteiger partial charge in [-0.25, -0.2) is 9.18 Å². The van der Waals surface area contributed by atoms with E-state index in [9.17, 15) is 9.18 Å². The zero-order chi connectivity index (χ0) is 18.9. The monoisotopic (exact) mass is 361 g/mol. The lowest BCUT2D eigenvalue weighted by molar-refractivity contribution is 0.0000785. The summed E-state index contributed by atoms with van der Waals surface area (Å²) >= 11 is 0. The van der Waals surface area contributed by atoms with Crippen molar-refractivity contribution in [3.63, 3.8) is 0 Å². The number of hydrogen-bond donors (Lipinski definition) is 0.